The van der Waals surface area contributed by atoms with Crippen molar-refractivity contribution in [1.82, 2.24) is 5.32 Å². The largest absolute Gasteiger partial charge is 0.381 e. The Morgan fingerprint density at radius 3 is 2.23 bits per heavy atom. The van der Waals surface area contributed by atoms with E-state index < -0.39 is 0 Å². The van der Waals surface area contributed by atoms with E-state index in [4.69, 9.17) is 4.74 Å². The van der Waals surface area contributed by atoms with E-state index in [0.717, 1.165) is 32.1 Å². The molecule has 1 N–H and O–H groups in total. The van der Waals surface area contributed by atoms with Crippen molar-refractivity contribution in [3.8, 4) is 0 Å². The van der Waals surface area contributed by atoms with Crippen LogP contribution in [0.15, 0.2) is 60.7 Å². The monoisotopic (exact) mass is 295 g/mol. The predicted octanol–water partition coefficient (Wildman–Crippen LogP) is 3.99. The Balaban J connectivity index is 1.66. The van der Waals surface area contributed by atoms with E-state index in [-0.39, 0.29) is 0 Å². The van der Waals surface area contributed by atoms with Gasteiger partial charge in [0, 0.05) is 19.3 Å². The fourth-order valence-corrected chi connectivity index (χ4v) is 3.10. The molecule has 0 saturated carbocycles. The van der Waals surface area contributed by atoms with Crippen LogP contribution in [0.2, 0.25) is 0 Å². The lowest BCUT2D eigenvalue weighted by atomic mass is 9.96. The van der Waals surface area contributed by atoms with E-state index >= 15 is 0 Å². The van der Waals surface area contributed by atoms with Crippen molar-refractivity contribution in [2.24, 2.45) is 5.92 Å². The average Bonchev–Trinajstić information content (AvgIpc) is 2.61. The second-order valence-corrected chi connectivity index (χ2v) is 6.12. The SMILES string of the molecule is c1ccc(CC(NCC2CCOCC2)c2ccccc2)cc1. The highest BCUT2D eigenvalue weighted by atomic mass is 16.5. The molecule has 0 spiro atoms. The van der Waals surface area contributed by atoms with Gasteiger partial charge in [-0.15, -0.1) is 0 Å². The number of nitrogens with one attached hydrogen (secondary N) is 1. The van der Waals surface area contributed by atoms with Gasteiger partial charge in [-0.1, -0.05) is 60.7 Å². The zero-order valence-corrected chi connectivity index (χ0v) is 13.1. The van der Waals surface area contributed by atoms with Gasteiger partial charge in [-0.25, -0.2) is 0 Å². The minimum absolute atomic E-state index is 0.381. The summed E-state index contributed by atoms with van der Waals surface area (Å²) in [6.45, 7) is 2.91. The molecule has 3 rings (SSSR count). The molecule has 1 saturated heterocycles. The summed E-state index contributed by atoms with van der Waals surface area (Å²) in [4.78, 5) is 0. The topological polar surface area (TPSA) is 21.3 Å². The molecule has 0 bridgehead atoms. The lowest BCUT2D eigenvalue weighted by molar-refractivity contribution is 0.0654. The third-order valence-electron chi connectivity index (χ3n) is 4.48. The molecule has 1 aliphatic rings. The van der Waals surface area contributed by atoms with Gasteiger partial charge in [-0.2, -0.15) is 0 Å². The molecule has 1 heterocycles. The van der Waals surface area contributed by atoms with Crippen LogP contribution < -0.4 is 5.32 Å². The predicted molar refractivity (Wildman–Crippen MR) is 90.9 cm³/mol. The van der Waals surface area contributed by atoms with Gasteiger partial charge in [-0.05, 0) is 42.9 Å². The molecular weight excluding hydrogens is 270 g/mol. The third-order valence-corrected chi connectivity index (χ3v) is 4.48. The molecule has 22 heavy (non-hydrogen) atoms. The summed E-state index contributed by atoms with van der Waals surface area (Å²) in [7, 11) is 0. The maximum Gasteiger partial charge on any atom is 0.0469 e. The van der Waals surface area contributed by atoms with Gasteiger partial charge >= 0.3 is 0 Å². The van der Waals surface area contributed by atoms with Crippen LogP contribution in [-0.2, 0) is 11.2 Å². The van der Waals surface area contributed by atoms with Crippen LogP contribution in [0.5, 0.6) is 0 Å². The normalized spacial score (nSPS) is 17.3. The van der Waals surface area contributed by atoms with Crippen molar-refractivity contribution >= 4 is 0 Å². The molecule has 2 aromatic rings. The van der Waals surface area contributed by atoms with Gasteiger partial charge in [0.2, 0.25) is 0 Å². The summed E-state index contributed by atoms with van der Waals surface area (Å²) >= 11 is 0. The summed E-state index contributed by atoms with van der Waals surface area (Å²) in [6.07, 6.45) is 3.40. The Kier molecular flexibility index (Phi) is 5.63. The van der Waals surface area contributed by atoms with Gasteiger partial charge in [0.05, 0.1) is 0 Å². The second kappa shape index (κ2) is 8.11. The first-order chi connectivity index (χ1) is 10.9. The molecule has 0 aliphatic carbocycles. The highest BCUT2D eigenvalue weighted by Gasteiger charge is 2.17. The Hall–Kier alpha value is -1.64. The Labute approximate surface area is 133 Å². The Morgan fingerprint density at radius 2 is 1.55 bits per heavy atom. The molecule has 1 atom stereocenters. The number of hydrogen-bond acceptors (Lipinski definition) is 2. The van der Waals surface area contributed by atoms with Gasteiger partial charge in [-0.3, -0.25) is 0 Å². The number of ether oxygens (including phenoxy) is 1. The van der Waals surface area contributed by atoms with Gasteiger partial charge in [0.15, 0.2) is 0 Å². The smallest absolute Gasteiger partial charge is 0.0469 e. The molecule has 2 heteroatoms. The van der Waals surface area contributed by atoms with Crippen LogP contribution in [-0.4, -0.2) is 19.8 Å². The fourth-order valence-electron chi connectivity index (χ4n) is 3.10. The molecule has 0 aromatic heterocycles. The van der Waals surface area contributed by atoms with E-state index in [0.29, 0.717) is 6.04 Å². The van der Waals surface area contributed by atoms with Crippen molar-refractivity contribution in [1.29, 1.82) is 0 Å². The lowest BCUT2D eigenvalue weighted by Crippen LogP contribution is -2.31. The lowest BCUT2D eigenvalue weighted by Gasteiger charge is -2.26. The fraction of sp³-hybridized carbons (Fsp3) is 0.400. The second-order valence-electron chi connectivity index (χ2n) is 6.12. The van der Waals surface area contributed by atoms with E-state index in [1.54, 1.807) is 0 Å². The van der Waals surface area contributed by atoms with Crippen molar-refractivity contribution in [3.63, 3.8) is 0 Å². The van der Waals surface area contributed by atoms with E-state index in [9.17, 15) is 0 Å². The summed E-state index contributed by atoms with van der Waals surface area (Å²) in [5.41, 5.74) is 2.76. The molecule has 1 fully saturated rings. The zero-order chi connectivity index (χ0) is 15.0. The highest BCUT2D eigenvalue weighted by Crippen LogP contribution is 2.20. The highest BCUT2D eigenvalue weighted by molar-refractivity contribution is 5.23. The summed E-state index contributed by atoms with van der Waals surface area (Å²) in [5.74, 6) is 0.746. The molecular formula is C20H25NO. The molecule has 116 valence electrons. The van der Waals surface area contributed by atoms with Crippen LogP contribution in [0.4, 0.5) is 0 Å². The number of rotatable bonds is 6. The molecule has 0 radical (unpaired) electrons. The van der Waals surface area contributed by atoms with Crippen molar-refractivity contribution in [2.45, 2.75) is 25.3 Å². The Bertz CT molecular complexity index is 534. The summed E-state index contributed by atoms with van der Waals surface area (Å²) < 4.78 is 5.46. The van der Waals surface area contributed by atoms with Crippen molar-refractivity contribution in [3.05, 3.63) is 71.8 Å². The zero-order valence-electron chi connectivity index (χ0n) is 13.1. The van der Waals surface area contributed by atoms with Crippen LogP contribution >= 0.6 is 0 Å². The standard InChI is InChI=1S/C20H25NO/c1-3-7-17(8-4-1)15-20(19-9-5-2-6-10-19)21-16-18-11-13-22-14-12-18/h1-10,18,20-21H,11-16H2. The maximum absolute atomic E-state index is 5.46. The molecule has 2 nitrogen and oxygen atoms in total. The third kappa shape index (κ3) is 4.43. The maximum atomic E-state index is 5.46. The first kappa shape index (κ1) is 15.3. The minimum atomic E-state index is 0.381. The van der Waals surface area contributed by atoms with E-state index in [1.807, 2.05) is 0 Å². The van der Waals surface area contributed by atoms with Gasteiger partial charge in [0.25, 0.3) is 0 Å². The minimum Gasteiger partial charge on any atom is -0.381 e. The van der Waals surface area contributed by atoms with Crippen LogP contribution in [0.1, 0.15) is 30.0 Å². The first-order valence-electron chi connectivity index (χ1n) is 8.32. The van der Waals surface area contributed by atoms with E-state index in [2.05, 4.69) is 66.0 Å². The van der Waals surface area contributed by atoms with Gasteiger partial charge < -0.3 is 10.1 Å². The van der Waals surface area contributed by atoms with E-state index in [1.165, 1.54) is 24.0 Å². The van der Waals surface area contributed by atoms with Crippen LogP contribution in [0.3, 0.4) is 0 Å². The quantitative estimate of drug-likeness (QED) is 0.870. The summed E-state index contributed by atoms with van der Waals surface area (Å²) in [5, 5.41) is 3.80. The van der Waals surface area contributed by atoms with Crippen molar-refractivity contribution < 1.29 is 4.74 Å². The van der Waals surface area contributed by atoms with Gasteiger partial charge in [0.1, 0.15) is 0 Å². The molecule has 2 aromatic carbocycles. The number of benzene rings is 2. The van der Waals surface area contributed by atoms with Crippen molar-refractivity contribution in [2.75, 3.05) is 19.8 Å². The van der Waals surface area contributed by atoms with Crippen LogP contribution in [0, 0.1) is 5.92 Å². The molecule has 0 amide bonds. The first-order valence-corrected chi connectivity index (χ1v) is 8.32. The summed E-state index contributed by atoms with van der Waals surface area (Å²) in [6, 6.07) is 21.9. The molecule has 1 aliphatic heterocycles. The average molecular weight is 295 g/mol. The Morgan fingerprint density at radius 1 is 0.909 bits per heavy atom. The van der Waals surface area contributed by atoms with Crippen LogP contribution in [0.25, 0.3) is 0 Å². The number of hydrogen-bond donors (Lipinski definition) is 1. The molecule has 1 unspecified atom stereocenters.